The maximum atomic E-state index is 11.2. The number of amides is 3. The predicted molar refractivity (Wildman–Crippen MR) is 63.1 cm³/mol. The van der Waals surface area contributed by atoms with Crippen LogP contribution in [0.5, 0.6) is 0 Å². The summed E-state index contributed by atoms with van der Waals surface area (Å²) < 4.78 is 4.63. The summed E-state index contributed by atoms with van der Waals surface area (Å²) in [5, 5.41) is 16.0. The van der Waals surface area contributed by atoms with E-state index in [2.05, 4.69) is 20.7 Å². The first-order chi connectivity index (χ1) is 8.51. The maximum absolute atomic E-state index is 11.2. The van der Waals surface area contributed by atoms with Crippen molar-refractivity contribution in [1.82, 2.24) is 16.0 Å². The number of methoxy groups -OCH3 is 1. The van der Waals surface area contributed by atoms with Crippen molar-refractivity contribution in [1.29, 1.82) is 0 Å². The van der Waals surface area contributed by atoms with Crippen LogP contribution in [0.4, 0.5) is 4.79 Å². The van der Waals surface area contributed by atoms with Gasteiger partial charge in [-0.15, -0.1) is 0 Å². The normalized spacial score (nSPS) is 11.4. The van der Waals surface area contributed by atoms with Gasteiger partial charge >= 0.3 is 12.0 Å². The van der Waals surface area contributed by atoms with Crippen LogP contribution in [0.3, 0.4) is 0 Å². The van der Waals surface area contributed by atoms with E-state index >= 15 is 0 Å². The molecule has 0 bridgehead atoms. The predicted octanol–water partition coefficient (Wildman–Crippen LogP) is -1.09. The molecule has 0 radical (unpaired) electrons. The number of nitrogens with one attached hydrogen (secondary N) is 3. The number of aliphatic carboxylic acids is 1. The molecule has 1 unspecified atom stereocenters. The molecule has 0 aliphatic carbocycles. The highest BCUT2D eigenvalue weighted by molar-refractivity contribution is 5.78. The highest BCUT2D eigenvalue weighted by Gasteiger charge is 2.16. The van der Waals surface area contributed by atoms with Gasteiger partial charge in [-0.05, 0) is 6.92 Å². The molecule has 18 heavy (non-hydrogen) atoms. The zero-order valence-corrected chi connectivity index (χ0v) is 10.5. The van der Waals surface area contributed by atoms with E-state index in [-0.39, 0.29) is 25.4 Å². The molecule has 0 aromatic heterocycles. The van der Waals surface area contributed by atoms with E-state index in [9.17, 15) is 14.4 Å². The number of hydrogen-bond acceptors (Lipinski definition) is 4. The van der Waals surface area contributed by atoms with Crippen LogP contribution in [0.25, 0.3) is 0 Å². The van der Waals surface area contributed by atoms with Crippen molar-refractivity contribution in [3.63, 3.8) is 0 Å². The number of carbonyl (C=O) groups is 3. The summed E-state index contributed by atoms with van der Waals surface area (Å²) in [5.74, 6) is -1.31. The molecule has 0 rings (SSSR count). The zero-order chi connectivity index (χ0) is 14.0. The molecule has 8 nitrogen and oxygen atoms in total. The zero-order valence-electron chi connectivity index (χ0n) is 10.5. The van der Waals surface area contributed by atoms with E-state index < -0.39 is 18.1 Å². The van der Waals surface area contributed by atoms with E-state index in [1.165, 1.54) is 7.11 Å². The van der Waals surface area contributed by atoms with Crippen LogP contribution in [0, 0.1) is 0 Å². The third kappa shape index (κ3) is 7.44. The molecular weight excluding hydrogens is 242 g/mol. The third-order valence-electron chi connectivity index (χ3n) is 2.02. The quantitative estimate of drug-likeness (QED) is 0.443. The van der Waals surface area contributed by atoms with Crippen LogP contribution in [-0.2, 0) is 14.3 Å². The van der Waals surface area contributed by atoms with E-state index in [0.717, 1.165) is 0 Å². The Bertz CT molecular complexity index is 295. The average Bonchev–Trinajstić information content (AvgIpc) is 2.29. The Balaban J connectivity index is 3.71. The second kappa shape index (κ2) is 9.23. The maximum Gasteiger partial charge on any atom is 0.334 e. The number of hydrogen-bond donors (Lipinski definition) is 4. The second-order valence-electron chi connectivity index (χ2n) is 3.40. The molecule has 4 N–H and O–H groups in total. The molecule has 0 fully saturated rings. The van der Waals surface area contributed by atoms with Crippen LogP contribution in [0.1, 0.15) is 13.3 Å². The standard InChI is InChI=1S/C10H19N3O5/c1-3-11-8(14)4-5-12-10(17)13-6-7(18-2)9(15)16/h7H,3-6H2,1-2H3,(H,11,14)(H,15,16)(H2,12,13,17). The Labute approximate surface area is 105 Å². The summed E-state index contributed by atoms with van der Waals surface area (Å²) in [6.07, 6.45) is -0.910. The summed E-state index contributed by atoms with van der Waals surface area (Å²) in [4.78, 5) is 32.8. The lowest BCUT2D eigenvalue weighted by molar-refractivity contribution is -0.148. The number of ether oxygens (including phenoxy) is 1. The van der Waals surface area contributed by atoms with Crippen LogP contribution in [0.2, 0.25) is 0 Å². The van der Waals surface area contributed by atoms with Gasteiger partial charge in [0.15, 0.2) is 6.10 Å². The van der Waals surface area contributed by atoms with Gasteiger partial charge in [0.05, 0.1) is 6.54 Å². The fraction of sp³-hybridized carbons (Fsp3) is 0.700. The number of carboxylic acid groups (broad SMARTS) is 1. The molecule has 0 aliphatic heterocycles. The van der Waals surface area contributed by atoms with Crippen molar-refractivity contribution in [2.45, 2.75) is 19.4 Å². The van der Waals surface area contributed by atoms with Crippen molar-refractivity contribution < 1.29 is 24.2 Å². The fourth-order valence-electron chi connectivity index (χ4n) is 1.09. The summed E-state index contributed by atoms with van der Waals surface area (Å²) in [7, 11) is 1.24. The van der Waals surface area contributed by atoms with Gasteiger partial charge in [0, 0.05) is 26.6 Å². The molecule has 0 saturated carbocycles. The summed E-state index contributed by atoms with van der Waals surface area (Å²) >= 11 is 0. The molecule has 0 aromatic carbocycles. The Hall–Kier alpha value is -1.83. The summed E-state index contributed by atoms with van der Waals surface area (Å²) in [6, 6.07) is -0.539. The lowest BCUT2D eigenvalue weighted by atomic mass is 10.3. The molecule has 104 valence electrons. The number of carbonyl (C=O) groups excluding carboxylic acids is 2. The average molecular weight is 261 g/mol. The van der Waals surface area contributed by atoms with Crippen LogP contribution < -0.4 is 16.0 Å². The SMILES string of the molecule is CCNC(=O)CCNC(=O)NCC(OC)C(=O)O. The van der Waals surface area contributed by atoms with Gasteiger partial charge in [-0.25, -0.2) is 9.59 Å². The van der Waals surface area contributed by atoms with Gasteiger partial charge in [0.2, 0.25) is 5.91 Å². The van der Waals surface area contributed by atoms with Gasteiger partial charge in [-0.1, -0.05) is 0 Å². The monoisotopic (exact) mass is 261 g/mol. The van der Waals surface area contributed by atoms with Crippen molar-refractivity contribution in [2.24, 2.45) is 0 Å². The molecule has 0 heterocycles. The van der Waals surface area contributed by atoms with E-state index in [1.54, 1.807) is 6.92 Å². The fourth-order valence-corrected chi connectivity index (χ4v) is 1.09. The minimum Gasteiger partial charge on any atom is -0.479 e. The number of urea groups is 1. The third-order valence-corrected chi connectivity index (χ3v) is 2.02. The van der Waals surface area contributed by atoms with E-state index in [1.807, 2.05) is 0 Å². The minimum absolute atomic E-state index is 0.140. The summed E-state index contributed by atoms with van der Waals surface area (Å²) in [5.41, 5.74) is 0. The first kappa shape index (κ1) is 16.2. The van der Waals surface area contributed by atoms with Crippen molar-refractivity contribution in [3.8, 4) is 0 Å². The van der Waals surface area contributed by atoms with Crippen LogP contribution >= 0.6 is 0 Å². The molecule has 0 aliphatic rings. The van der Waals surface area contributed by atoms with Gasteiger partial charge in [-0.3, -0.25) is 4.79 Å². The number of carboxylic acids is 1. The Morgan fingerprint density at radius 2 is 1.89 bits per heavy atom. The summed E-state index contributed by atoms with van der Waals surface area (Å²) in [6.45, 7) is 2.38. The lowest BCUT2D eigenvalue weighted by Gasteiger charge is -2.12. The van der Waals surface area contributed by atoms with E-state index in [0.29, 0.717) is 6.54 Å². The second-order valence-corrected chi connectivity index (χ2v) is 3.40. The highest BCUT2D eigenvalue weighted by Crippen LogP contribution is 1.87. The van der Waals surface area contributed by atoms with Crippen LogP contribution in [-0.4, -0.2) is 55.9 Å². The van der Waals surface area contributed by atoms with Crippen LogP contribution in [0.15, 0.2) is 0 Å². The van der Waals surface area contributed by atoms with Crippen molar-refractivity contribution in [3.05, 3.63) is 0 Å². The van der Waals surface area contributed by atoms with Gasteiger partial charge in [-0.2, -0.15) is 0 Å². The Morgan fingerprint density at radius 1 is 1.22 bits per heavy atom. The molecule has 3 amide bonds. The topological polar surface area (TPSA) is 117 Å². The first-order valence-electron chi connectivity index (χ1n) is 5.55. The van der Waals surface area contributed by atoms with E-state index in [4.69, 9.17) is 5.11 Å². The van der Waals surface area contributed by atoms with Crippen molar-refractivity contribution in [2.75, 3.05) is 26.7 Å². The molecule has 1 atom stereocenters. The molecule has 0 spiro atoms. The van der Waals surface area contributed by atoms with Gasteiger partial charge in [0.25, 0.3) is 0 Å². The Morgan fingerprint density at radius 3 is 2.39 bits per heavy atom. The Kier molecular flexibility index (Phi) is 8.29. The smallest absolute Gasteiger partial charge is 0.334 e. The largest absolute Gasteiger partial charge is 0.479 e. The molecule has 8 heteroatoms. The minimum atomic E-state index is -1.15. The van der Waals surface area contributed by atoms with Gasteiger partial charge in [0.1, 0.15) is 0 Å². The lowest BCUT2D eigenvalue weighted by Crippen LogP contribution is -2.43. The van der Waals surface area contributed by atoms with Crippen molar-refractivity contribution >= 4 is 17.9 Å². The molecule has 0 aromatic rings. The molecular formula is C10H19N3O5. The highest BCUT2D eigenvalue weighted by atomic mass is 16.5. The van der Waals surface area contributed by atoms with Gasteiger partial charge < -0.3 is 25.8 Å². The first-order valence-corrected chi connectivity index (χ1v) is 5.55. The molecule has 0 saturated heterocycles. The number of rotatable bonds is 8.